The second-order valence-electron chi connectivity index (χ2n) is 15.2. The van der Waals surface area contributed by atoms with Gasteiger partial charge in [-0.15, -0.1) is 22.7 Å². The van der Waals surface area contributed by atoms with Crippen molar-refractivity contribution in [2.75, 3.05) is 18.1 Å². The van der Waals surface area contributed by atoms with Gasteiger partial charge in [0, 0.05) is 36.6 Å². The van der Waals surface area contributed by atoms with Gasteiger partial charge in [-0.1, -0.05) is 101 Å². The first-order chi connectivity index (χ1) is 30.3. The van der Waals surface area contributed by atoms with Crippen LogP contribution >= 0.6 is 22.7 Å². The van der Waals surface area contributed by atoms with Gasteiger partial charge in [-0.3, -0.25) is 0 Å². The molecule has 0 aliphatic carbocycles. The number of fused-ring (bicyclic) bond motifs is 1. The summed E-state index contributed by atoms with van der Waals surface area (Å²) in [5.41, 5.74) is 8.60. The van der Waals surface area contributed by atoms with Crippen LogP contribution in [0.2, 0.25) is 0 Å². The summed E-state index contributed by atoms with van der Waals surface area (Å²) in [5.74, 6) is -0.0260. The van der Waals surface area contributed by atoms with E-state index in [1.165, 1.54) is 17.4 Å². The molecule has 7 rings (SSSR count). The molecule has 8 nitrogen and oxygen atoms in total. The van der Waals surface area contributed by atoms with Gasteiger partial charge >= 0.3 is 5.97 Å². The molecule has 10 heteroatoms. The van der Waals surface area contributed by atoms with E-state index in [2.05, 4.69) is 104 Å². The van der Waals surface area contributed by atoms with Crippen LogP contribution < -0.4 is 14.4 Å². The molecule has 7 aromatic rings. The number of aliphatic carboxylic acids is 1. The molecule has 0 atom stereocenters. The number of ether oxygens (including phenoxy) is 2. The van der Waals surface area contributed by atoms with Gasteiger partial charge in [-0.25, -0.2) is 14.8 Å². The highest BCUT2D eigenvalue weighted by Gasteiger charge is 2.29. The second-order valence-corrected chi connectivity index (χ2v) is 17.4. The number of carboxylic acids is 1. The number of thiophene rings is 2. The third kappa shape index (κ3) is 10.1. The normalized spacial score (nSPS) is 11.4. The summed E-state index contributed by atoms with van der Waals surface area (Å²) in [6, 6.07) is 39.4. The number of hydrogen-bond donors (Lipinski definition) is 1. The number of nitriles is 1. The van der Waals surface area contributed by atoms with Crippen LogP contribution in [0.25, 0.3) is 48.4 Å². The SMILES string of the molecule is CCCCCCOc1c(OCCCCCC)c(-c2ccc(-c3ccc(N(c4ccccc4)c4ccccc4)cc3)s2)c2nc(C)c(C)nc2c1-c1ccc(/C=C(\C#N)C(=O)O)s1. The van der Waals surface area contributed by atoms with Crippen molar-refractivity contribution >= 4 is 62.8 Å². The Labute approximate surface area is 372 Å². The molecule has 0 saturated heterocycles. The molecule has 316 valence electrons. The number of carboxylic acid groups (broad SMARTS) is 1. The van der Waals surface area contributed by atoms with Gasteiger partial charge in [0.15, 0.2) is 11.5 Å². The van der Waals surface area contributed by atoms with Gasteiger partial charge in [0.2, 0.25) is 0 Å². The number of anilines is 3. The van der Waals surface area contributed by atoms with Crippen LogP contribution in [-0.4, -0.2) is 34.3 Å². The molecule has 0 bridgehead atoms. The number of aryl methyl sites for hydroxylation is 2. The molecular formula is C52H52N4O4S2. The molecule has 0 fully saturated rings. The predicted molar refractivity (Wildman–Crippen MR) is 256 cm³/mol. The maximum Gasteiger partial charge on any atom is 0.346 e. The van der Waals surface area contributed by atoms with Crippen molar-refractivity contribution in [2.45, 2.75) is 79.1 Å². The van der Waals surface area contributed by atoms with Crippen molar-refractivity contribution < 1.29 is 19.4 Å². The fourth-order valence-electron chi connectivity index (χ4n) is 7.38. The molecular weight excluding hydrogens is 809 g/mol. The van der Waals surface area contributed by atoms with E-state index in [9.17, 15) is 15.2 Å². The number of unbranched alkanes of at least 4 members (excludes halogenated alkanes) is 6. The lowest BCUT2D eigenvalue weighted by molar-refractivity contribution is -0.132. The Kier molecular flexibility index (Phi) is 14.8. The first-order valence-electron chi connectivity index (χ1n) is 21.5. The zero-order valence-electron chi connectivity index (χ0n) is 35.8. The van der Waals surface area contributed by atoms with Crippen LogP contribution in [0.4, 0.5) is 17.1 Å². The van der Waals surface area contributed by atoms with Gasteiger partial charge in [0.1, 0.15) is 22.7 Å². The van der Waals surface area contributed by atoms with Crippen LogP contribution in [-0.2, 0) is 4.79 Å². The number of nitrogens with zero attached hydrogens (tertiary/aromatic N) is 4. The third-order valence-corrected chi connectivity index (χ3v) is 12.9. The van der Waals surface area contributed by atoms with Crippen LogP contribution in [0.5, 0.6) is 11.5 Å². The summed E-state index contributed by atoms with van der Waals surface area (Å²) in [7, 11) is 0. The van der Waals surface area contributed by atoms with E-state index in [0.717, 1.165) is 111 Å². The zero-order valence-corrected chi connectivity index (χ0v) is 37.5. The van der Waals surface area contributed by atoms with E-state index in [4.69, 9.17) is 19.4 Å². The summed E-state index contributed by atoms with van der Waals surface area (Å²) in [4.78, 5) is 28.1. The zero-order chi connectivity index (χ0) is 43.4. The minimum atomic E-state index is -1.27. The lowest BCUT2D eigenvalue weighted by Gasteiger charge is -2.25. The van der Waals surface area contributed by atoms with Crippen molar-refractivity contribution in [1.29, 1.82) is 5.26 Å². The first kappa shape index (κ1) is 43.8. The Hall–Kier alpha value is -6.28. The topological polar surface area (TPSA) is 109 Å². The summed E-state index contributed by atoms with van der Waals surface area (Å²) in [6.07, 6.45) is 9.73. The minimum Gasteiger partial charge on any atom is -0.489 e. The monoisotopic (exact) mass is 860 g/mol. The Morgan fingerprint density at radius 1 is 0.645 bits per heavy atom. The maximum atomic E-state index is 11.8. The summed E-state index contributed by atoms with van der Waals surface area (Å²) < 4.78 is 13.8. The number of para-hydroxylation sites is 2. The largest absolute Gasteiger partial charge is 0.489 e. The molecule has 62 heavy (non-hydrogen) atoms. The molecule has 0 radical (unpaired) electrons. The lowest BCUT2D eigenvalue weighted by atomic mass is 10.0. The Balaban J connectivity index is 1.38. The van der Waals surface area contributed by atoms with E-state index in [1.54, 1.807) is 17.4 Å². The second kappa shape index (κ2) is 21.0. The summed E-state index contributed by atoms with van der Waals surface area (Å²) >= 11 is 3.07. The van der Waals surface area contributed by atoms with E-state index in [0.29, 0.717) is 40.6 Å². The van der Waals surface area contributed by atoms with E-state index in [-0.39, 0.29) is 5.57 Å². The van der Waals surface area contributed by atoms with Crippen LogP contribution in [0, 0.1) is 25.2 Å². The Morgan fingerprint density at radius 2 is 1.13 bits per heavy atom. The number of aromatic nitrogens is 2. The minimum absolute atomic E-state index is 0.332. The molecule has 0 spiro atoms. The van der Waals surface area contributed by atoms with Crippen LogP contribution in [0.1, 0.15) is 81.5 Å². The molecule has 0 unspecified atom stereocenters. The average molecular weight is 861 g/mol. The highest BCUT2D eigenvalue weighted by atomic mass is 32.1. The quantitative estimate of drug-likeness (QED) is 0.0458. The highest BCUT2D eigenvalue weighted by molar-refractivity contribution is 7.19. The standard InChI is InChI=1S/C52H52N4O4S2/c1-5-7-9-17-31-59-50-46(44-28-27-42(61-44)33-38(34-53)52(57)58)48-49(55-36(4)35(3)54-48)47(51(50)60-32-18-10-8-6-2)45-30-29-43(62-45)37-23-25-41(26-24-37)56(39-19-13-11-14-20-39)40-21-15-12-16-22-40/h11-16,19-30,33H,5-10,17-18,31-32H2,1-4H3,(H,57,58)/b38-33+. The first-order valence-corrected chi connectivity index (χ1v) is 23.1. The van der Waals surface area contributed by atoms with Gasteiger partial charge in [-0.2, -0.15) is 5.26 Å². The third-order valence-electron chi connectivity index (χ3n) is 10.7. The molecule has 0 saturated carbocycles. The number of carbonyl (C=O) groups is 1. The van der Waals surface area contributed by atoms with Crippen LogP contribution in [0.15, 0.2) is 115 Å². The summed E-state index contributed by atoms with van der Waals surface area (Å²) in [6.45, 7) is 9.33. The van der Waals surface area contributed by atoms with Gasteiger partial charge in [-0.05, 0) is 99.0 Å². The smallest absolute Gasteiger partial charge is 0.346 e. The van der Waals surface area contributed by atoms with Crippen LogP contribution in [0.3, 0.4) is 0 Å². The molecule has 1 N–H and O–H groups in total. The van der Waals surface area contributed by atoms with Crippen molar-refractivity contribution in [3.05, 3.63) is 131 Å². The number of benzene rings is 4. The summed E-state index contributed by atoms with van der Waals surface area (Å²) in [5, 5.41) is 19.2. The average Bonchev–Trinajstić information content (AvgIpc) is 3.97. The maximum absolute atomic E-state index is 11.8. The number of rotatable bonds is 20. The molecule has 0 aliphatic heterocycles. The molecule has 4 aromatic carbocycles. The Bertz CT molecular complexity index is 2640. The molecule has 3 heterocycles. The Morgan fingerprint density at radius 3 is 1.63 bits per heavy atom. The van der Waals surface area contributed by atoms with Crippen molar-refractivity contribution in [1.82, 2.24) is 9.97 Å². The molecule has 3 aromatic heterocycles. The van der Waals surface area contributed by atoms with Crippen molar-refractivity contribution in [2.24, 2.45) is 0 Å². The highest BCUT2D eigenvalue weighted by Crippen LogP contribution is 2.53. The number of hydrogen-bond acceptors (Lipinski definition) is 9. The fraction of sp³-hybridized carbons (Fsp3) is 0.269. The lowest BCUT2D eigenvalue weighted by Crippen LogP contribution is -2.09. The van der Waals surface area contributed by atoms with Gasteiger partial charge in [0.05, 0.1) is 35.7 Å². The van der Waals surface area contributed by atoms with Crippen molar-refractivity contribution in [3.63, 3.8) is 0 Å². The van der Waals surface area contributed by atoms with Gasteiger partial charge in [0.25, 0.3) is 0 Å². The van der Waals surface area contributed by atoms with Gasteiger partial charge < -0.3 is 19.5 Å². The molecule has 0 amide bonds. The van der Waals surface area contributed by atoms with E-state index >= 15 is 0 Å². The predicted octanol–water partition coefficient (Wildman–Crippen LogP) is 14.8. The molecule has 0 aliphatic rings. The van der Waals surface area contributed by atoms with E-state index in [1.807, 2.05) is 38.1 Å². The van der Waals surface area contributed by atoms with E-state index < -0.39 is 5.97 Å². The van der Waals surface area contributed by atoms with Crippen molar-refractivity contribution in [3.8, 4) is 48.9 Å². The fourth-order valence-corrected chi connectivity index (χ4v) is 9.43.